The van der Waals surface area contributed by atoms with Gasteiger partial charge in [0, 0.05) is 18.2 Å². The Morgan fingerprint density at radius 1 is 1.00 bits per heavy atom. The maximum absolute atomic E-state index is 11.7. The number of hydrogen-bond acceptors (Lipinski definition) is 12. The molecule has 0 saturated carbocycles. The molecule has 0 spiro atoms. The Hall–Kier alpha value is -6.19. The largest absolute Gasteiger partial charge is 0.507 e. The van der Waals surface area contributed by atoms with E-state index in [1.165, 1.54) is 24.4 Å². The monoisotopic (exact) mass is 532 g/mol. The zero-order valence-electron chi connectivity index (χ0n) is 19.4. The molecule has 4 rings (SSSR count). The van der Waals surface area contributed by atoms with E-state index in [1.54, 1.807) is 0 Å². The smallest absolute Gasteiger partial charge is 0.339 e. The quantitative estimate of drug-likeness (QED) is 0.0946. The molecule has 16 heteroatoms. The summed E-state index contributed by atoms with van der Waals surface area (Å²) in [6.45, 7) is 0. The fourth-order valence-corrected chi connectivity index (χ4v) is 3.35. The molecule has 0 amide bonds. The summed E-state index contributed by atoms with van der Waals surface area (Å²) in [6.07, 6.45) is 2.45. The van der Waals surface area contributed by atoms with Crippen molar-refractivity contribution in [2.45, 2.75) is 0 Å². The second-order valence-electron chi connectivity index (χ2n) is 7.66. The van der Waals surface area contributed by atoms with E-state index in [-0.39, 0.29) is 45.3 Å². The molecule has 16 nitrogen and oxygen atoms in total. The van der Waals surface area contributed by atoms with Crippen LogP contribution in [0.3, 0.4) is 0 Å². The number of hydrazone groups is 1. The highest BCUT2D eigenvalue weighted by molar-refractivity contribution is 6.38. The average Bonchev–Trinajstić information content (AvgIpc) is 3.39. The van der Waals surface area contributed by atoms with Crippen molar-refractivity contribution < 1.29 is 34.9 Å². The van der Waals surface area contributed by atoms with Gasteiger partial charge in [-0.05, 0) is 30.3 Å². The van der Waals surface area contributed by atoms with Gasteiger partial charge >= 0.3 is 11.9 Å². The zero-order chi connectivity index (χ0) is 28.3. The van der Waals surface area contributed by atoms with Crippen LogP contribution in [0.2, 0.25) is 0 Å². The highest BCUT2D eigenvalue weighted by Crippen LogP contribution is 2.28. The van der Waals surface area contributed by atoms with Gasteiger partial charge in [-0.2, -0.15) is 5.10 Å². The SMILES string of the molecule is N/N=C(\C=Nc1ccc(C(=O)O)c(O)c1)c1ccc([N+](=O)[O-])c(-c2cn(-c3ccc(C(=O)O)c(O)c3)nn2)n1. The molecule has 0 unspecified atom stereocenters. The van der Waals surface area contributed by atoms with Gasteiger partial charge in [0.1, 0.15) is 34.0 Å². The second-order valence-corrected chi connectivity index (χ2v) is 7.66. The topological polar surface area (TPSA) is 253 Å². The van der Waals surface area contributed by atoms with Gasteiger partial charge in [0.25, 0.3) is 5.69 Å². The number of benzene rings is 2. The first-order valence-electron chi connectivity index (χ1n) is 10.6. The molecule has 0 saturated heterocycles. The molecule has 4 aromatic rings. The Balaban J connectivity index is 1.69. The summed E-state index contributed by atoms with van der Waals surface area (Å²) >= 11 is 0. The van der Waals surface area contributed by atoms with Gasteiger partial charge in [0.05, 0.1) is 34.4 Å². The Bertz CT molecular complexity index is 1700. The molecule has 2 aromatic carbocycles. The van der Waals surface area contributed by atoms with Crippen molar-refractivity contribution in [2.75, 3.05) is 0 Å². The molecule has 6 N–H and O–H groups in total. The normalized spacial score (nSPS) is 11.5. The number of pyridine rings is 1. The minimum absolute atomic E-state index is 0.0190. The van der Waals surface area contributed by atoms with Crippen molar-refractivity contribution in [3.8, 4) is 28.6 Å². The summed E-state index contributed by atoms with van der Waals surface area (Å²) in [4.78, 5) is 41.5. The van der Waals surface area contributed by atoms with Crippen LogP contribution in [-0.2, 0) is 0 Å². The number of aliphatic imine (C=N–C) groups is 1. The van der Waals surface area contributed by atoms with Crippen LogP contribution in [0, 0.1) is 10.1 Å². The third kappa shape index (κ3) is 5.33. The lowest BCUT2D eigenvalue weighted by Crippen LogP contribution is -2.10. The van der Waals surface area contributed by atoms with Crippen LogP contribution in [0.25, 0.3) is 17.1 Å². The lowest BCUT2D eigenvalue weighted by molar-refractivity contribution is -0.384. The average molecular weight is 532 g/mol. The molecule has 0 aliphatic rings. The Kier molecular flexibility index (Phi) is 6.92. The van der Waals surface area contributed by atoms with Gasteiger partial charge in [-0.3, -0.25) is 15.1 Å². The first-order chi connectivity index (χ1) is 18.6. The third-order valence-electron chi connectivity index (χ3n) is 5.23. The second kappa shape index (κ2) is 10.4. The van der Waals surface area contributed by atoms with E-state index in [9.17, 15) is 29.9 Å². The van der Waals surface area contributed by atoms with E-state index in [0.717, 1.165) is 41.2 Å². The molecule has 39 heavy (non-hydrogen) atoms. The van der Waals surface area contributed by atoms with Gasteiger partial charge in [-0.15, -0.1) is 5.10 Å². The predicted molar refractivity (Wildman–Crippen MR) is 134 cm³/mol. The first-order valence-corrected chi connectivity index (χ1v) is 10.6. The molecule has 0 radical (unpaired) electrons. The lowest BCUT2D eigenvalue weighted by atomic mass is 10.1. The zero-order valence-corrected chi connectivity index (χ0v) is 19.4. The van der Waals surface area contributed by atoms with E-state index in [0.29, 0.717) is 0 Å². The molecular weight excluding hydrogens is 516 g/mol. The fraction of sp³-hybridized carbons (Fsp3) is 0. The number of aromatic nitrogens is 4. The number of nitro groups is 1. The van der Waals surface area contributed by atoms with Crippen molar-refractivity contribution >= 4 is 35.2 Å². The standard InChI is InChI=1S/C23H16N8O8/c24-27-16(9-25-11-1-3-13(22(34)35)19(32)7-11)15-5-6-18(31(38)39)21(26-15)17-10-30(29-28-17)12-2-4-14(23(36)37)20(33)8-12/h1-10,32-33H,24H2,(H,34,35)(H,36,37)/b25-9?,27-16+. The van der Waals surface area contributed by atoms with Crippen molar-refractivity contribution in [2.24, 2.45) is 15.9 Å². The maximum atomic E-state index is 11.7. The van der Waals surface area contributed by atoms with Gasteiger partial charge in [0.15, 0.2) is 5.69 Å². The van der Waals surface area contributed by atoms with E-state index in [4.69, 9.17) is 16.1 Å². The van der Waals surface area contributed by atoms with Gasteiger partial charge in [-0.25, -0.2) is 19.3 Å². The van der Waals surface area contributed by atoms with Gasteiger partial charge in [-0.1, -0.05) is 5.21 Å². The van der Waals surface area contributed by atoms with Crippen LogP contribution in [0.1, 0.15) is 26.4 Å². The Labute approximate surface area is 216 Å². The van der Waals surface area contributed by atoms with E-state index < -0.39 is 34.0 Å². The van der Waals surface area contributed by atoms with Crippen molar-refractivity contribution in [1.82, 2.24) is 20.0 Å². The molecule has 2 heterocycles. The minimum atomic E-state index is -1.33. The number of carboxylic acids is 2. The molecule has 2 aromatic heterocycles. The third-order valence-corrected chi connectivity index (χ3v) is 5.23. The molecule has 0 aliphatic carbocycles. The number of nitrogens with two attached hydrogens (primary N) is 1. The van der Waals surface area contributed by atoms with Crippen LogP contribution >= 0.6 is 0 Å². The summed E-state index contributed by atoms with van der Waals surface area (Å²) in [7, 11) is 0. The number of aromatic carboxylic acids is 2. The molecule has 196 valence electrons. The molecular formula is C23H16N8O8. The van der Waals surface area contributed by atoms with E-state index in [2.05, 4.69) is 25.4 Å². The summed E-state index contributed by atoms with van der Waals surface area (Å²) < 4.78 is 1.16. The van der Waals surface area contributed by atoms with Crippen molar-refractivity contribution in [3.63, 3.8) is 0 Å². The van der Waals surface area contributed by atoms with Crippen LogP contribution in [0.4, 0.5) is 11.4 Å². The van der Waals surface area contributed by atoms with Crippen molar-refractivity contribution in [3.05, 3.63) is 81.7 Å². The van der Waals surface area contributed by atoms with Crippen LogP contribution in [0.5, 0.6) is 11.5 Å². The summed E-state index contributed by atoms with van der Waals surface area (Å²) in [5.41, 5.74) is -0.861. The van der Waals surface area contributed by atoms with Crippen LogP contribution in [-0.4, -0.2) is 69.2 Å². The van der Waals surface area contributed by atoms with Gasteiger partial charge in [0.2, 0.25) is 0 Å². The highest BCUT2D eigenvalue weighted by Gasteiger charge is 2.22. The number of carbonyl (C=O) groups is 2. The van der Waals surface area contributed by atoms with Crippen molar-refractivity contribution in [1.29, 1.82) is 0 Å². The molecule has 0 fully saturated rings. The number of aromatic hydroxyl groups is 2. The fourth-order valence-electron chi connectivity index (χ4n) is 3.35. The van der Waals surface area contributed by atoms with Crippen LogP contribution < -0.4 is 5.84 Å². The number of nitrogens with zero attached hydrogens (tertiary/aromatic N) is 7. The number of phenols is 2. The van der Waals surface area contributed by atoms with E-state index >= 15 is 0 Å². The molecule has 0 bridgehead atoms. The number of rotatable bonds is 8. The minimum Gasteiger partial charge on any atom is -0.507 e. The lowest BCUT2D eigenvalue weighted by Gasteiger charge is -2.04. The predicted octanol–water partition coefficient (Wildman–Crippen LogP) is 2.11. The highest BCUT2D eigenvalue weighted by atomic mass is 16.6. The van der Waals surface area contributed by atoms with E-state index in [1.807, 2.05) is 0 Å². The Morgan fingerprint density at radius 3 is 2.26 bits per heavy atom. The van der Waals surface area contributed by atoms with Gasteiger partial charge < -0.3 is 26.3 Å². The Morgan fingerprint density at radius 2 is 1.67 bits per heavy atom. The maximum Gasteiger partial charge on any atom is 0.339 e. The number of hydrogen-bond donors (Lipinski definition) is 5. The molecule has 0 atom stereocenters. The first kappa shape index (κ1) is 25.9. The van der Waals surface area contributed by atoms with Crippen LogP contribution in [0.15, 0.2) is 64.8 Å². The number of carboxylic acid groups (broad SMARTS) is 2. The summed E-state index contributed by atoms with van der Waals surface area (Å²) in [5, 5.41) is 60.9. The summed E-state index contributed by atoms with van der Waals surface area (Å²) in [6, 6.07) is 9.68. The molecule has 0 aliphatic heterocycles. The summed E-state index contributed by atoms with van der Waals surface area (Å²) in [5.74, 6) is 1.80.